The minimum absolute atomic E-state index is 0.282. The van der Waals surface area contributed by atoms with Crippen molar-refractivity contribution in [2.24, 2.45) is 4.99 Å². The lowest BCUT2D eigenvalue weighted by Gasteiger charge is -2.09. The molecule has 1 aliphatic rings. The van der Waals surface area contributed by atoms with E-state index in [0.717, 1.165) is 38.4 Å². The number of aromatic nitrogens is 1. The zero-order valence-corrected chi connectivity index (χ0v) is 18.8. The zero-order chi connectivity index (χ0) is 22.8. The SMILES string of the molecule is Cc1cc(OCCn2cc(C=C3N=C(c4ccccc4)OC3=O)c3ccccc32)ccc1Cl. The summed E-state index contributed by atoms with van der Waals surface area (Å²) in [6, 6.07) is 23.1. The number of esters is 1. The fraction of sp³-hybridized carbons (Fsp3) is 0.111. The van der Waals surface area contributed by atoms with Crippen LogP contribution < -0.4 is 4.74 Å². The molecule has 6 heteroatoms. The van der Waals surface area contributed by atoms with Gasteiger partial charge in [0.1, 0.15) is 12.4 Å². The Labute approximate surface area is 196 Å². The third-order valence-electron chi connectivity index (χ3n) is 5.48. The van der Waals surface area contributed by atoms with Crippen LogP contribution >= 0.6 is 11.6 Å². The topological polar surface area (TPSA) is 52.8 Å². The maximum absolute atomic E-state index is 12.4. The summed E-state index contributed by atoms with van der Waals surface area (Å²) in [6.07, 6.45) is 3.79. The van der Waals surface area contributed by atoms with E-state index in [1.54, 1.807) is 6.08 Å². The van der Waals surface area contributed by atoms with Crippen molar-refractivity contribution in [3.05, 3.63) is 106 Å². The number of hydrogen-bond acceptors (Lipinski definition) is 4. The summed E-state index contributed by atoms with van der Waals surface area (Å²) in [5.74, 6) is 0.654. The van der Waals surface area contributed by atoms with Crippen molar-refractivity contribution in [3.63, 3.8) is 0 Å². The molecule has 0 atom stereocenters. The maximum Gasteiger partial charge on any atom is 0.363 e. The van der Waals surface area contributed by atoms with E-state index in [1.807, 2.05) is 79.9 Å². The van der Waals surface area contributed by atoms with Crippen LogP contribution in [0.3, 0.4) is 0 Å². The Balaban J connectivity index is 1.40. The van der Waals surface area contributed by atoms with Crippen LogP contribution in [0.5, 0.6) is 5.75 Å². The van der Waals surface area contributed by atoms with Gasteiger partial charge in [0.2, 0.25) is 5.90 Å². The first kappa shape index (κ1) is 21.0. The molecule has 0 saturated carbocycles. The highest BCUT2D eigenvalue weighted by molar-refractivity contribution is 6.31. The number of carbonyl (C=O) groups is 1. The Morgan fingerprint density at radius 2 is 1.85 bits per heavy atom. The molecular formula is C27H21ClN2O3. The number of rotatable bonds is 6. The number of para-hydroxylation sites is 1. The van der Waals surface area contributed by atoms with Crippen molar-refractivity contribution in [2.45, 2.75) is 13.5 Å². The number of ether oxygens (including phenoxy) is 2. The number of nitrogens with zero attached hydrogens (tertiary/aromatic N) is 2. The van der Waals surface area contributed by atoms with Gasteiger partial charge in [0.25, 0.3) is 0 Å². The standard InChI is InChI=1S/C27H21ClN2O3/c1-18-15-21(11-12-23(18)28)32-14-13-30-17-20(22-9-5-6-10-25(22)30)16-24-27(31)33-26(29-24)19-7-3-2-4-8-19/h2-12,15-17H,13-14H2,1H3. The molecule has 2 heterocycles. The van der Waals surface area contributed by atoms with E-state index in [2.05, 4.69) is 15.6 Å². The van der Waals surface area contributed by atoms with E-state index in [-0.39, 0.29) is 5.70 Å². The number of hydrogen-bond donors (Lipinski definition) is 0. The van der Waals surface area contributed by atoms with Gasteiger partial charge < -0.3 is 14.0 Å². The molecule has 0 amide bonds. The number of aliphatic imine (C=N–C) groups is 1. The summed E-state index contributed by atoms with van der Waals surface area (Å²) in [5, 5.41) is 1.75. The van der Waals surface area contributed by atoms with Crippen molar-refractivity contribution in [1.82, 2.24) is 4.57 Å². The van der Waals surface area contributed by atoms with Crippen molar-refractivity contribution in [3.8, 4) is 5.75 Å². The molecule has 0 aliphatic carbocycles. The number of halogens is 1. The van der Waals surface area contributed by atoms with Gasteiger partial charge in [0, 0.05) is 33.2 Å². The van der Waals surface area contributed by atoms with Crippen molar-refractivity contribution in [2.75, 3.05) is 6.61 Å². The smallest absolute Gasteiger partial charge is 0.363 e. The molecule has 1 aromatic heterocycles. The van der Waals surface area contributed by atoms with Crippen LogP contribution in [0.15, 0.2) is 89.7 Å². The van der Waals surface area contributed by atoms with Gasteiger partial charge >= 0.3 is 5.97 Å². The first-order valence-corrected chi connectivity index (χ1v) is 11.0. The van der Waals surface area contributed by atoms with Crippen LogP contribution in [-0.4, -0.2) is 23.0 Å². The molecule has 4 aromatic rings. The van der Waals surface area contributed by atoms with Gasteiger partial charge in [-0.2, -0.15) is 0 Å². The van der Waals surface area contributed by atoms with E-state index < -0.39 is 5.97 Å². The highest BCUT2D eigenvalue weighted by Crippen LogP contribution is 2.27. The fourth-order valence-corrected chi connectivity index (χ4v) is 3.92. The van der Waals surface area contributed by atoms with Gasteiger partial charge in [-0.15, -0.1) is 0 Å². The van der Waals surface area contributed by atoms with Gasteiger partial charge in [0.05, 0.1) is 6.54 Å². The molecule has 5 nitrogen and oxygen atoms in total. The molecule has 0 fully saturated rings. The minimum Gasteiger partial charge on any atom is -0.492 e. The van der Waals surface area contributed by atoms with E-state index in [9.17, 15) is 4.79 Å². The lowest BCUT2D eigenvalue weighted by atomic mass is 10.1. The Kier molecular flexibility index (Phi) is 5.71. The molecule has 0 unspecified atom stereocenters. The Bertz CT molecular complexity index is 1400. The number of carbonyl (C=O) groups excluding carboxylic acids is 1. The lowest BCUT2D eigenvalue weighted by molar-refractivity contribution is -0.129. The molecule has 5 rings (SSSR count). The quantitative estimate of drug-likeness (QED) is 0.263. The van der Waals surface area contributed by atoms with Crippen LogP contribution in [0, 0.1) is 6.92 Å². The molecule has 164 valence electrons. The molecule has 0 bridgehead atoms. The molecule has 0 radical (unpaired) electrons. The number of cyclic esters (lactones) is 1. The van der Waals surface area contributed by atoms with Crippen molar-refractivity contribution >= 4 is 40.4 Å². The zero-order valence-electron chi connectivity index (χ0n) is 18.0. The number of benzene rings is 3. The second-order valence-electron chi connectivity index (χ2n) is 7.76. The van der Waals surface area contributed by atoms with Gasteiger partial charge in [-0.25, -0.2) is 9.79 Å². The highest BCUT2D eigenvalue weighted by atomic mass is 35.5. The van der Waals surface area contributed by atoms with E-state index in [0.29, 0.717) is 19.0 Å². The summed E-state index contributed by atoms with van der Waals surface area (Å²) in [4.78, 5) is 16.9. The summed E-state index contributed by atoms with van der Waals surface area (Å²) >= 11 is 6.10. The van der Waals surface area contributed by atoms with Crippen LogP contribution in [-0.2, 0) is 16.1 Å². The van der Waals surface area contributed by atoms with E-state index in [1.165, 1.54) is 0 Å². The molecular weight excluding hydrogens is 436 g/mol. The first-order valence-electron chi connectivity index (χ1n) is 10.6. The van der Waals surface area contributed by atoms with Crippen LogP contribution in [0.25, 0.3) is 17.0 Å². The predicted molar refractivity (Wildman–Crippen MR) is 131 cm³/mol. The molecule has 3 aromatic carbocycles. The van der Waals surface area contributed by atoms with Gasteiger partial charge in [-0.1, -0.05) is 48.0 Å². The summed E-state index contributed by atoms with van der Waals surface area (Å²) in [6.45, 7) is 3.09. The monoisotopic (exact) mass is 456 g/mol. The summed E-state index contributed by atoms with van der Waals surface area (Å²) in [5.41, 5.74) is 3.99. The van der Waals surface area contributed by atoms with E-state index in [4.69, 9.17) is 21.1 Å². The molecule has 33 heavy (non-hydrogen) atoms. The average molecular weight is 457 g/mol. The second kappa shape index (κ2) is 8.96. The minimum atomic E-state index is -0.452. The second-order valence-corrected chi connectivity index (χ2v) is 8.16. The normalized spacial score (nSPS) is 14.5. The van der Waals surface area contributed by atoms with Gasteiger partial charge in [0.15, 0.2) is 5.70 Å². The molecule has 0 saturated heterocycles. The Morgan fingerprint density at radius 3 is 2.67 bits per heavy atom. The fourth-order valence-electron chi connectivity index (χ4n) is 3.80. The highest BCUT2D eigenvalue weighted by Gasteiger charge is 2.24. The maximum atomic E-state index is 12.4. The number of fused-ring (bicyclic) bond motifs is 1. The summed E-state index contributed by atoms with van der Waals surface area (Å²) in [7, 11) is 0. The van der Waals surface area contributed by atoms with Crippen molar-refractivity contribution < 1.29 is 14.3 Å². The Hall–Kier alpha value is -3.83. The lowest BCUT2D eigenvalue weighted by Crippen LogP contribution is -2.07. The summed E-state index contributed by atoms with van der Waals surface area (Å²) < 4.78 is 13.4. The Morgan fingerprint density at radius 1 is 1.06 bits per heavy atom. The van der Waals surface area contributed by atoms with Gasteiger partial charge in [-0.05, 0) is 55.0 Å². The first-order chi connectivity index (χ1) is 16.1. The van der Waals surface area contributed by atoms with E-state index >= 15 is 0 Å². The molecule has 1 aliphatic heterocycles. The third-order valence-corrected chi connectivity index (χ3v) is 5.91. The van der Waals surface area contributed by atoms with Crippen molar-refractivity contribution in [1.29, 1.82) is 0 Å². The largest absolute Gasteiger partial charge is 0.492 e. The van der Waals surface area contributed by atoms with Crippen LogP contribution in [0.1, 0.15) is 16.7 Å². The number of aryl methyl sites for hydroxylation is 1. The third kappa shape index (κ3) is 4.41. The molecule has 0 N–H and O–H groups in total. The van der Waals surface area contributed by atoms with Crippen LogP contribution in [0.4, 0.5) is 0 Å². The molecule has 0 spiro atoms. The van der Waals surface area contributed by atoms with Gasteiger partial charge in [-0.3, -0.25) is 0 Å². The predicted octanol–water partition coefficient (Wildman–Crippen LogP) is 6.03. The van der Waals surface area contributed by atoms with Crippen LogP contribution in [0.2, 0.25) is 5.02 Å². The average Bonchev–Trinajstić information content (AvgIpc) is 3.37.